The summed E-state index contributed by atoms with van der Waals surface area (Å²) in [6, 6.07) is 0. The molecule has 0 aromatic carbocycles. The molecule has 0 aromatic heterocycles. The molecule has 2 atom stereocenters. The zero-order valence-electron chi connectivity index (χ0n) is 20.5. The summed E-state index contributed by atoms with van der Waals surface area (Å²) < 4.78 is 6.43. The van der Waals surface area contributed by atoms with Gasteiger partial charge in [0, 0.05) is 6.61 Å². The fourth-order valence-electron chi connectivity index (χ4n) is 3.89. The zero-order chi connectivity index (χ0) is 22.7. The van der Waals surface area contributed by atoms with Crippen molar-refractivity contribution < 1.29 is 24.2 Å². The van der Waals surface area contributed by atoms with Crippen molar-refractivity contribution in [1.82, 2.24) is 0 Å². The highest BCUT2D eigenvalue weighted by atomic mass is 16.5. The summed E-state index contributed by atoms with van der Waals surface area (Å²) in [6.07, 6.45) is 18.1. The number of carboxylic acids is 1. The quantitative estimate of drug-likeness (QED) is 0.169. The molecule has 0 aromatic rings. The number of ether oxygens (including phenoxy) is 1. The van der Waals surface area contributed by atoms with E-state index in [1.807, 2.05) is 21.1 Å². The fraction of sp³-hybridized carbons (Fsp3) is 0.960. The third kappa shape index (κ3) is 22.0. The number of likely N-dealkylation sites (N-methyl/N-ethyl adjacent to an activating group) is 1. The van der Waals surface area contributed by atoms with Crippen LogP contribution in [0.25, 0.3) is 0 Å². The Kier molecular flexibility index (Phi) is 18.7. The van der Waals surface area contributed by atoms with E-state index in [0.29, 0.717) is 24.1 Å². The van der Waals surface area contributed by atoms with Gasteiger partial charge in [0.05, 0.1) is 33.7 Å². The number of carbonyl (C=O) groups is 1. The standard InChI is InChI=1S/C25H51NO4/c1-5-6-7-8-9-10-11-12-13-14-15-16-17-18-23(27)19-20-30-24(21-25(28)29)22-26(2,3)4/h23-24,27H,5-22H2,1-4H3/p+1/t23?,24-/m1/s1. The maximum atomic E-state index is 11.0. The molecule has 5 heteroatoms. The molecule has 180 valence electrons. The first kappa shape index (κ1) is 29.4. The van der Waals surface area contributed by atoms with Gasteiger partial charge in [-0.15, -0.1) is 0 Å². The minimum absolute atomic E-state index is 0.0183. The van der Waals surface area contributed by atoms with Crippen LogP contribution < -0.4 is 0 Å². The van der Waals surface area contributed by atoms with Crippen molar-refractivity contribution >= 4 is 5.97 Å². The molecule has 0 saturated heterocycles. The minimum Gasteiger partial charge on any atom is -0.481 e. The van der Waals surface area contributed by atoms with E-state index in [1.165, 1.54) is 77.0 Å². The number of aliphatic carboxylic acids is 1. The molecule has 0 bridgehead atoms. The zero-order valence-corrected chi connectivity index (χ0v) is 20.5. The van der Waals surface area contributed by atoms with Crippen LogP contribution in [0.4, 0.5) is 0 Å². The molecule has 2 N–H and O–H groups in total. The molecule has 1 unspecified atom stereocenters. The van der Waals surface area contributed by atoms with Crippen molar-refractivity contribution in [2.24, 2.45) is 0 Å². The van der Waals surface area contributed by atoms with Gasteiger partial charge in [-0.2, -0.15) is 0 Å². The van der Waals surface area contributed by atoms with Crippen molar-refractivity contribution in [2.75, 3.05) is 34.3 Å². The number of nitrogens with zero attached hydrogens (tertiary/aromatic N) is 1. The van der Waals surface area contributed by atoms with Crippen molar-refractivity contribution in [2.45, 2.75) is 122 Å². The molecule has 0 amide bonds. The predicted molar refractivity (Wildman–Crippen MR) is 126 cm³/mol. The number of hydrogen-bond acceptors (Lipinski definition) is 3. The molecular formula is C25H52NO4+. The van der Waals surface area contributed by atoms with Gasteiger partial charge >= 0.3 is 5.97 Å². The lowest BCUT2D eigenvalue weighted by Crippen LogP contribution is -2.43. The summed E-state index contributed by atoms with van der Waals surface area (Å²) in [7, 11) is 6.09. The van der Waals surface area contributed by atoms with Crippen LogP contribution in [0.5, 0.6) is 0 Å². The molecule has 0 saturated carbocycles. The first-order chi connectivity index (χ1) is 14.2. The summed E-state index contributed by atoms with van der Waals surface area (Å²) in [4.78, 5) is 11.0. The Hall–Kier alpha value is -0.650. The van der Waals surface area contributed by atoms with E-state index in [0.717, 1.165) is 12.8 Å². The maximum absolute atomic E-state index is 11.0. The van der Waals surface area contributed by atoms with Gasteiger partial charge in [-0.3, -0.25) is 4.79 Å². The van der Waals surface area contributed by atoms with Crippen LogP contribution in [0.3, 0.4) is 0 Å². The molecular weight excluding hydrogens is 378 g/mol. The SMILES string of the molecule is CCCCCCCCCCCCCCCC(O)CCO[C@H](CC(=O)O)C[N+](C)(C)C. The molecule has 0 rings (SSSR count). The van der Waals surface area contributed by atoms with Gasteiger partial charge in [-0.25, -0.2) is 0 Å². The Morgan fingerprint density at radius 3 is 1.70 bits per heavy atom. The van der Waals surface area contributed by atoms with Crippen LogP contribution in [0.15, 0.2) is 0 Å². The Balaban J connectivity index is 3.56. The average molecular weight is 431 g/mol. The fourth-order valence-corrected chi connectivity index (χ4v) is 3.89. The molecule has 30 heavy (non-hydrogen) atoms. The Labute approximate surface area is 186 Å². The Bertz CT molecular complexity index is 395. The van der Waals surface area contributed by atoms with Crippen LogP contribution >= 0.6 is 0 Å². The molecule has 5 nitrogen and oxygen atoms in total. The lowest BCUT2D eigenvalue weighted by molar-refractivity contribution is -0.873. The largest absolute Gasteiger partial charge is 0.481 e. The second-order valence-corrected chi connectivity index (χ2v) is 10.0. The van der Waals surface area contributed by atoms with E-state index in [-0.39, 0.29) is 18.6 Å². The number of quaternary nitrogens is 1. The first-order valence-corrected chi connectivity index (χ1v) is 12.6. The van der Waals surface area contributed by atoms with Crippen LogP contribution in [-0.2, 0) is 9.53 Å². The molecule has 0 aliphatic carbocycles. The van der Waals surface area contributed by atoms with Gasteiger partial charge in [0.1, 0.15) is 12.6 Å². The van der Waals surface area contributed by atoms with Crippen LogP contribution in [0.2, 0.25) is 0 Å². The maximum Gasteiger partial charge on any atom is 0.306 e. The summed E-state index contributed by atoms with van der Waals surface area (Å²) in [5.74, 6) is -0.832. The van der Waals surface area contributed by atoms with Crippen molar-refractivity contribution in [3.05, 3.63) is 0 Å². The van der Waals surface area contributed by atoms with Gasteiger partial charge in [0.2, 0.25) is 0 Å². The molecule has 0 aliphatic heterocycles. The van der Waals surface area contributed by atoms with Crippen LogP contribution in [-0.4, -0.2) is 67.2 Å². The normalized spacial score (nSPS) is 14.0. The van der Waals surface area contributed by atoms with E-state index in [2.05, 4.69) is 6.92 Å². The van der Waals surface area contributed by atoms with Crippen molar-refractivity contribution in [3.63, 3.8) is 0 Å². The lowest BCUT2D eigenvalue weighted by atomic mass is 10.0. The molecule has 0 radical (unpaired) electrons. The summed E-state index contributed by atoms with van der Waals surface area (Å²) >= 11 is 0. The monoisotopic (exact) mass is 430 g/mol. The number of aliphatic hydroxyl groups is 1. The average Bonchev–Trinajstić information content (AvgIpc) is 2.63. The Morgan fingerprint density at radius 2 is 1.27 bits per heavy atom. The smallest absolute Gasteiger partial charge is 0.306 e. The number of aliphatic hydroxyl groups excluding tert-OH is 1. The minimum atomic E-state index is -0.832. The third-order valence-corrected chi connectivity index (χ3v) is 5.60. The molecule has 0 spiro atoms. The number of unbranched alkanes of at least 4 members (excludes halogenated alkanes) is 12. The van der Waals surface area contributed by atoms with Gasteiger partial charge in [-0.1, -0.05) is 90.4 Å². The highest BCUT2D eigenvalue weighted by molar-refractivity contribution is 5.67. The van der Waals surface area contributed by atoms with E-state index >= 15 is 0 Å². The highest BCUT2D eigenvalue weighted by Gasteiger charge is 2.21. The first-order valence-electron chi connectivity index (χ1n) is 12.6. The number of carboxylic acid groups (broad SMARTS) is 1. The topological polar surface area (TPSA) is 66.8 Å². The lowest BCUT2D eigenvalue weighted by Gasteiger charge is -2.28. The second kappa shape index (κ2) is 19.1. The van der Waals surface area contributed by atoms with E-state index in [9.17, 15) is 9.90 Å². The molecule has 0 fully saturated rings. The van der Waals surface area contributed by atoms with Gasteiger partial charge in [0.25, 0.3) is 0 Å². The highest BCUT2D eigenvalue weighted by Crippen LogP contribution is 2.14. The van der Waals surface area contributed by atoms with Gasteiger partial charge < -0.3 is 19.4 Å². The van der Waals surface area contributed by atoms with Crippen LogP contribution in [0.1, 0.15) is 110 Å². The van der Waals surface area contributed by atoms with Gasteiger partial charge in [0.15, 0.2) is 0 Å². The van der Waals surface area contributed by atoms with E-state index in [1.54, 1.807) is 0 Å². The van der Waals surface area contributed by atoms with Crippen molar-refractivity contribution in [1.29, 1.82) is 0 Å². The predicted octanol–water partition coefficient (Wildman–Crippen LogP) is 5.78. The van der Waals surface area contributed by atoms with Crippen LogP contribution in [0, 0.1) is 0 Å². The van der Waals surface area contributed by atoms with Gasteiger partial charge in [-0.05, 0) is 12.8 Å². The molecule has 0 aliphatic rings. The van der Waals surface area contributed by atoms with E-state index in [4.69, 9.17) is 9.84 Å². The summed E-state index contributed by atoms with van der Waals surface area (Å²) in [5.41, 5.74) is 0. The van der Waals surface area contributed by atoms with E-state index < -0.39 is 5.97 Å². The second-order valence-electron chi connectivity index (χ2n) is 10.0. The number of hydrogen-bond donors (Lipinski definition) is 2. The Morgan fingerprint density at radius 1 is 0.800 bits per heavy atom. The summed E-state index contributed by atoms with van der Waals surface area (Å²) in [6.45, 7) is 3.35. The third-order valence-electron chi connectivity index (χ3n) is 5.60. The molecule has 0 heterocycles. The number of rotatable bonds is 22. The summed E-state index contributed by atoms with van der Waals surface area (Å²) in [5, 5.41) is 19.2. The van der Waals surface area contributed by atoms with Crippen molar-refractivity contribution in [3.8, 4) is 0 Å².